The third-order valence-corrected chi connectivity index (χ3v) is 5.56. The van der Waals surface area contributed by atoms with Crippen LogP contribution < -0.4 is 5.32 Å². The van der Waals surface area contributed by atoms with Gasteiger partial charge in [0.15, 0.2) is 0 Å². The molecular weight excluding hydrogens is 268 g/mol. The standard InChI is InChI=1S/C16H28N2O3/c1-11-14(7-9-21-11)18(2)13-6-8-16(10-13,15(19)20-3)17-12-4-5-12/h11-14,17H,4-10H2,1-3H3. The minimum atomic E-state index is -0.461. The van der Waals surface area contributed by atoms with Gasteiger partial charge in [-0.15, -0.1) is 0 Å². The summed E-state index contributed by atoms with van der Waals surface area (Å²) in [5.41, 5.74) is -0.461. The smallest absolute Gasteiger partial charge is 0.326 e. The van der Waals surface area contributed by atoms with Gasteiger partial charge in [0, 0.05) is 24.7 Å². The topological polar surface area (TPSA) is 50.8 Å². The predicted octanol–water partition coefficient (Wildman–Crippen LogP) is 1.31. The van der Waals surface area contributed by atoms with Crippen molar-refractivity contribution in [3.05, 3.63) is 0 Å². The number of hydrogen-bond acceptors (Lipinski definition) is 5. The highest BCUT2D eigenvalue weighted by Gasteiger charge is 2.50. The molecule has 2 saturated carbocycles. The third-order valence-electron chi connectivity index (χ3n) is 5.56. The Kier molecular flexibility index (Phi) is 4.26. The van der Waals surface area contributed by atoms with E-state index in [1.807, 2.05) is 0 Å². The highest BCUT2D eigenvalue weighted by atomic mass is 16.5. The quantitative estimate of drug-likeness (QED) is 0.775. The van der Waals surface area contributed by atoms with Crippen molar-refractivity contribution in [2.24, 2.45) is 0 Å². The Morgan fingerprint density at radius 2 is 2.10 bits per heavy atom. The molecule has 0 bridgehead atoms. The summed E-state index contributed by atoms with van der Waals surface area (Å²) < 4.78 is 10.8. The zero-order chi connectivity index (χ0) is 15.0. The number of hydrogen-bond donors (Lipinski definition) is 1. The van der Waals surface area contributed by atoms with E-state index in [0.717, 1.165) is 32.3 Å². The molecule has 0 radical (unpaired) electrons. The second-order valence-electron chi connectivity index (χ2n) is 6.99. The zero-order valence-corrected chi connectivity index (χ0v) is 13.4. The van der Waals surface area contributed by atoms with Crippen LogP contribution in [0.3, 0.4) is 0 Å². The van der Waals surface area contributed by atoms with Gasteiger partial charge in [-0.3, -0.25) is 15.0 Å². The molecule has 0 aromatic carbocycles. The highest BCUT2D eigenvalue weighted by Crippen LogP contribution is 2.38. The molecule has 1 saturated heterocycles. The average molecular weight is 296 g/mol. The van der Waals surface area contributed by atoms with Crippen molar-refractivity contribution in [1.29, 1.82) is 0 Å². The number of methoxy groups -OCH3 is 1. The maximum Gasteiger partial charge on any atom is 0.326 e. The van der Waals surface area contributed by atoms with Crippen LogP contribution in [0.25, 0.3) is 0 Å². The van der Waals surface area contributed by atoms with Gasteiger partial charge in [-0.2, -0.15) is 0 Å². The van der Waals surface area contributed by atoms with Gasteiger partial charge in [0.2, 0.25) is 0 Å². The largest absolute Gasteiger partial charge is 0.468 e. The van der Waals surface area contributed by atoms with Crippen LogP contribution in [0, 0.1) is 0 Å². The number of nitrogens with one attached hydrogen (secondary N) is 1. The van der Waals surface area contributed by atoms with Crippen LogP contribution in [0.4, 0.5) is 0 Å². The maximum atomic E-state index is 12.3. The second-order valence-corrected chi connectivity index (χ2v) is 6.99. The molecule has 5 heteroatoms. The minimum absolute atomic E-state index is 0.0824. The molecule has 1 heterocycles. The van der Waals surface area contributed by atoms with Crippen LogP contribution in [0.15, 0.2) is 0 Å². The van der Waals surface area contributed by atoms with Crippen molar-refractivity contribution >= 4 is 5.97 Å². The zero-order valence-electron chi connectivity index (χ0n) is 13.4. The molecule has 0 amide bonds. The normalized spacial score (nSPS) is 39.9. The van der Waals surface area contributed by atoms with Gasteiger partial charge >= 0.3 is 5.97 Å². The summed E-state index contributed by atoms with van der Waals surface area (Å²) in [5.74, 6) is -0.0824. The van der Waals surface area contributed by atoms with Gasteiger partial charge < -0.3 is 9.47 Å². The van der Waals surface area contributed by atoms with Crippen molar-refractivity contribution in [3.63, 3.8) is 0 Å². The maximum absolute atomic E-state index is 12.3. The van der Waals surface area contributed by atoms with Crippen LogP contribution in [0.5, 0.6) is 0 Å². The highest BCUT2D eigenvalue weighted by molar-refractivity contribution is 5.81. The molecule has 0 spiro atoms. The summed E-state index contributed by atoms with van der Waals surface area (Å²) in [5, 5.41) is 3.57. The summed E-state index contributed by atoms with van der Waals surface area (Å²) in [6, 6.07) is 1.43. The molecular formula is C16H28N2O3. The first kappa shape index (κ1) is 15.3. The summed E-state index contributed by atoms with van der Waals surface area (Å²) in [7, 11) is 3.69. The molecule has 0 aromatic rings. The van der Waals surface area contributed by atoms with Crippen molar-refractivity contribution in [3.8, 4) is 0 Å². The van der Waals surface area contributed by atoms with E-state index in [1.54, 1.807) is 0 Å². The minimum Gasteiger partial charge on any atom is -0.468 e. The number of carbonyl (C=O) groups is 1. The number of nitrogens with zero attached hydrogens (tertiary/aromatic N) is 1. The van der Waals surface area contributed by atoms with Crippen LogP contribution in [0.1, 0.15) is 45.4 Å². The van der Waals surface area contributed by atoms with E-state index in [2.05, 4.69) is 24.2 Å². The molecule has 3 aliphatic rings. The Morgan fingerprint density at radius 3 is 2.67 bits per heavy atom. The molecule has 3 fully saturated rings. The SMILES string of the molecule is COC(=O)C1(NC2CC2)CCC(N(C)C2CCOC2C)C1. The molecule has 3 rings (SSSR count). The third kappa shape index (κ3) is 2.96. The Labute approximate surface area is 127 Å². The van der Waals surface area contributed by atoms with E-state index in [9.17, 15) is 4.79 Å². The van der Waals surface area contributed by atoms with E-state index >= 15 is 0 Å². The van der Waals surface area contributed by atoms with Gasteiger partial charge in [-0.05, 0) is 52.5 Å². The number of ether oxygens (including phenoxy) is 2. The van der Waals surface area contributed by atoms with E-state index in [4.69, 9.17) is 9.47 Å². The molecule has 120 valence electrons. The Morgan fingerprint density at radius 1 is 1.33 bits per heavy atom. The van der Waals surface area contributed by atoms with Crippen molar-refractivity contribution in [2.45, 2.75) is 75.2 Å². The van der Waals surface area contributed by atoms with E-state index < -0.39 is 5.54 Å². The van der Waals surface area contributed by atoms with E-state index in [1.165, 1.54) is 20.0 Å². The fourth-order valence-electron chi connectivity index (χ4n) is 4.08. The van der Waals surface area contributed by atoms with Gasteiger partial charge in [-0.25, -0.2) is 0 Å². The van der Waals surface area contributed by atoms with Crippen LogP contribution in [-0.4, -0.2) is 61.4 Å². The van der Waals surface area contributed by atoms with Crippen LogP contribution >= 0.6 is 0 Å². The molecule has 4 unspecified atom stereocenters. The van der Waals surface area contributed by atoms with Crippen LogP contribution in [0.2, 0.25) is 0 Å². The lowest BCUT2D eigenvalue weighted by Crippen LogP contribution is -2.53. The van der Waals surface area contributed by atoms with Gasteiger partial charge in [0.05, 0.1) is 13.2 Å². The van der Waals surface area contributed by atoms with Crippen LogP contribution in [-0.2, 0) is 14.3 Å². The number of esters is 1. The first-order valence-electron chi connectivity index (χ1n) is 8.25. The lowest BCUT2D eigenvalue weighted by atomic mass is 9.96. The molecule has 21 heavy (non-hydrogen) atoms. The second kappa shape index (κ2) is 5.86. The van der Waals surface area contributed by atoms with Gasteiger partial charge in [-0.1, -0.05) is 0 Å². The summed E-state index contributed by atoms with van der Waals surface area (Å²) in [6.07, 6.45) is 6.55. The summed E-state index contributed by atoms with van der Waals surface area (Å²) in [4.78, 5) is 14.8. The molecule has 1 N–H and O–H groups in total. The summed E-state index contributed by atoms with van der Waals surface area (Å²) in [6.45, 7) is 3.00. The Hall–Kier alpha value is -0.650. The number of likely N-dealkylation sites (N-methyl/N-ethyl adjacent to an activating group) is 1. The van der Waals surface area contributed by atoms with Gasteiger partial charge in [0.25, 0.3) is 0 Å². The van der Waals surface area contributed by atoms with Crippen molar-refractivity contribution < 1.29 is 14.3 Å². The lowest BCUT2D eigenvalue weighted by molar-refractivity contribution is -0.148. The first-order chi connectivity index (χ1) is 10.1. The molecule has 2 aliphatic carbocycles. The fourth-order valence-corrected chi connectivity index (χ4v) is 4.08. The molecule has 5 nitrogen and oxygen atoms in total. The lowest BCUT2D eigenvalue weighted by Gasteiger charge is -2.34. The van der Waals surface area contributed by atoms with Gasteiger partial charge in [0.1, 0.15) is 5.54 Å². The predicted molar refractivity (Wildman–Crippen MR) is 80.1 cm³/mol. The fraction of sp³-hybridized carbons (Fsp3) is 0.938. The number of rotatable bonds is 5. The Balaban J connectivity index is 1.67. The molecule has 1 aliphatic heterocycles. The number of carbonyl (C=O) groups excluding carboxylic acids is 1. The van der Waals surface area contributed by atoms with Crippen molar-refractivity contribution in [2.75, 3.05) is 20.8 Å². The van der Waals surface area contributed by atoms with Crippen molar-refractivity contribution in [1.82, 2.24) is 10.2 Å². The Bertz CT molecular complexity index is 399. The van der Waals surface area contributed by atoms with E-state index in [-0.39, 0.29) is 5.97 Å². The average Bonchev–Trinajstić information content (AvgIpc) is 3.00. The monoisotopic (exact) mass is 296 g/mol. The first-order valence-corrected chi connectivity index (χ1v) is 8.25. The summed E-state index contributed by atoms with van der Waals surface area (Å²) >= 11 is 0. The van der Waals surface area contributed by atoms with E-state index in [0.29, 0.717) is 24.2 Å². The molecule has 0 aromatic heterocycles. The molecule has 4 atom stereocenters.